The summed E-state index contributed by atoms with van der Waals surface area (Å²) in [6, 6.07) is 3.97. The summed E-state index contributed by atoms with van der Waals surface area (Å²) in [6.07, 6.45) is 4.99. The lowest BCUT2D eigenvalue weighted by molar-refractivity contribution is 0.0958. The van der Waals surface area contributed by atoms with Crippen molar-refractivity contribution in [2.75, 3.05) is 6.54 Å². The SMILES string of the molecule is C#CCNC(=O)c1cc(Br)cc(S(N)(=O)=O)c1. The first-order valence-corrected chi connectivity index (χ1v) is 6.73. The van der Waals surface area contributed by atoms with Crippen LogP contribution in [0.4, 0.5) is 0 Å². The van der Waals surface area contributed by atoms with Gasteiger partial charge in [0, 0.05) is 10.0 Å². The number of carbonyl (C=O) groups is 1. The Morgan fingerprint density at radius 1 is 1.47 bits per heavy atom. The monoisotopic (exact) mass is 316 g/mol. The lowest BCUT2D eigenvalue weighted by Crippen LogP contribution is -2.24. The van der Waals surface area contributed by atoms with E-state index in [-0.39, 0.29) is 17.0 Å². The molecule has 1 rings (SSSR count). The molecule has 0 heterocycles. The van der Waals surface area contributed by atoms with Crippen LogP contribution < -0.4 is 10.5 Å². The molecule has 17 heavy (non-hydrogen) atoms. The number of hydrogen-bond donors (Lipinski definition) is 2. The average molecular weight is 317 g/mol. The lowest BCUT2D eigenvalue weighted by atomic mass is 10.2. The number of hydrogen-bond acceptors (Lipinski definition) is 3. The Bertz CT molecular complexity index is 590. The fraction of sp³-hybridized carbons (Fsp3) is 0.100. The molecule has 0 saturated heterocycles. The molecule has 0 radical (unpaired) electrons. The molecular formula is C10H9BrN2O3S. The van der Waals surface area contributed by atoms with Crippen molar-refractivity contribution in [2.45, 2.75) is 4.90 Å². The van der Waals surface area contributed by atoms with Gasteiger partial charge in [0.15, 0.2) is 0 Å². The zero-order valence-corrected chi connectivity index (χ0v) is 11.0. The highest BCUT2D eigenvalue weighted by Crippen LogP contribution is 2.18. The third-order valence-electron chi connectivity index (χ3n) is 1.81. The van der Waals surface area contributed by atoms with Crippen molar-refractivity contribution < 1.29 is 13.2 Å². The highest BCUT2D eigenvalue weighted by molar-refractivity contribution is 9.10. The fourth-order valence-corrected chi connectivity index (χ4v) is 2.32. The van der Waals surface area contributed by atoms with Crippen molar-refractivity contribution in [3.8, 4) is 12.3 Å². The Labute approximate surface area is 108 Å². The molecule has 0 aromatic heterocycles. The van der Waals surface area contributed by atoms with Crippen molar-refractivity contribution in [3.05, 3.63) is 28.2 Å². The maximum Gasteiger partial charge on any atom is 0.252 e. The molecule has 0 fully saturated rings. The largest absolute Gasteiger partial charge is 0.341 e. The summed E-state index contributed by atoms with van der Waals surface area (Å²) in [5, 5.41) is 7.41. The summed E-state index contributed by atoms with van der Waals surface area (Å²) >= 11 is 3.10. The van der Waals surface area contributed by atoms with Gasteiger partial charge in [-0.15, -0.1) is 6.42 Å². The van der Waals surface area contributed by atoms with Gasteiger partial charge < -0.3 is 5.32 Å². The maximum atomic E-state index is 11.6. The Morgan fingerprint density at radius 2 is 2.12 bits per heavy atom. The van der Waals surface area contributed by atoms with Crippen molar-refractivity contribution >= 4 is 31.9 Å². The van der Waals surface area contributed by atoms with Gasteiger partial charge in [-0.05, 0) is 18.2 Å². The second-order valence-corrected chi connectivity index (χ2v) is 5.58. The van der Waals surface area contributed by atoms with Gasteiger partial charge in [-0.25, -0.2) is 13.6 Å². The molecule has 3 N–H and O–H groups in total. The Kier molecular flexibility index (Phi) is 4.28. The second kappa shape index (κ2) is 5.31. The van der Waals surface area contributed by atoms with E-state index in [0.29, 0.717) is 4.47 Å². The van der Waals surface area contributed by atoms with Crippen LogP contribution in [0.1, 0.15) is 10.4 Å². The van der Waals surface area contributed by atoms with Gasteiger partial charge in [-0.1, -0.05) is 21.9 Å². The van der Waals surface area contributed by atoms with Crippen molar-refractivity contribution in [1.29, 1.82) is 0 Å². The van der Waals surface area contributed by atoms with Gasteiger partial charge in [0.2, 0.25) is 10.0 Å². The minimum atomic E-state index is -3.85. The molecule has 0 bridgehead atoms. The minimum Gasteiger partial charge on any atom is -0.341 e. The number of rotatable bonds is 3. The van der Waals surface area contributed by atoms with Crippen LogP contribution in [0.2, 0.25) is 0 Å². The summed E-state index contributed by atoms with van der Waals surface area (Å²) in [6.45, 7) is 0.0655. The molecule has 90 valence electrons. The summed E-state index contributed by atoms with van der Waals surface area (Å²) in [4.78, 5) is 11.4. The first kappa shape index (κ1) is 13.7. The number of carbonyl (C=O) groups excluding carboxylic acids is 1. The number of nitrogens with one attached hydrogen (secondary N) is 1. The molecule has 7 heteroatoms. The fourth-order valence-electron chi connectivity index (χ4n) is 1.09. The van der Waals surface area contributed by atoms with E-state index < -0.39 is 15.9 Å². The summed E-state index contributed by atoms with van der Waals surface area (Å²) < 4.78 is 22.8. The van der Waals surface area contributed by atoms with Gasteiger partial charge in [0.05, 0.1) is 11.4 Å². The molecule has 0 saturated carbocycles. The average Bonchev–Trinajstić information content (AvgIpc) is 2.23. The third-order valence-corrected chi connectivity index (χ3v) is 3.16. The van der Waals surface area contributed by atoms with Crippen LogP contribution in [0.15, 0.2) is 27.6 Å². The third kappa shape index (κ3) is 3.85. The normalized spacial score (nSPS) is 10.6. The van der Waals surface area contributed by atoms with E-state index in [4.69, 9.17) is 11.6 Å². The quantitative estimate of drug-likeness (QED) is 0.794. The van der Waals surface area contributed by atoms with Crippen LogP contribution >= 0.6 is 15.9 Å². The van der Waals surface area contributed by atoms with Crippen molar-refractivity contribution in [3.63, 3.8) is 0 Å². The molecule has 0 aliphatic heterocycles. The molecule has 0 aliphatic rings. The Balaban J connectivity index is 3.15. The van der Waals surface area contributed by atoms with E-state index in [1.165, 1.54) is 18.2 Å². The topological polar surface area (TPSA) is 89.3 Å². The zero-order valence-electron chi connectivity index (χ0n) is 8.60. The van der Waals surface area contributed by atoms with E-state index >= 15 is 0 Å². The van der Waals surface area contributed by atoms with Gasteiger partial charge in [0.25, 0.3) is 5.91 Å². The molecular weight excluding hydrogens is 308 g/mol. The van der Waals surface area contributed by atoms with Crippen LogP contribution in [0, 0.1) is 12.3 Å². The molecule has 0 spiro atoms. The second-order valence-electron chi connectivity index (χ2n) is 3.11. The maximum absolute atomic E-state index is 11.6. The first-order chi connectivity index (χ1) is 7.84. The van der Waals surface area contributed by atoms with Crippen LogP contribution in [0.3, 0.4) is 0 Å². The molecule has 0 aliphatic carbocycles. The molecule has 5 nitrogen and oxygen atoms in total. The highest BCUT2D eigenvalue weighted by atomic mass is 79.9. The Morgan fingerprint density at radius 3 is 2.65 bits per heavy atom. The predicted molar refractivity (Wildman–Crippen MR) is 66.7 cm³/mol. The number of halogens is 1. The highest BCUT2D eigenvalue weighted by Gasteiger charge is 2.13. The smallest absolute Gasteiger partial charge is 0.252 e. The lowest BCUT2D eigenvalue weighted by Gasteiger charge is -2.05. The van der Waals surface area contributed by atoms with Crippen LogP contribution in [0.5, 0.6) is 0 Å². The summed E-state index contributed by atoms with van der Waals surface area (Å²) in [5.74, 6) is 1.78. The van der Waals surface area contributed by atoms with Crippen LogP contribution in [-0.2, 0) is 10.0 Å². The molecule has 1 aromatic carbocycles. The summed E-state index contributed by atoms with van der Waals surface area (Å²) in [5.41, 5.74) is 0.165. The van der Waals surface area contributed by atoms with Gasteiger partial charge in [0.1, 0.15) is 0 Å². The van der Waals surface area contributed by atoms with Crippen LogP contribution in [-0.4, -0.2) is 20.9 Å². The zero-order chi connectivity index (χ0) is 13.1. The van der Waals surface area contributed by atoms with Gasteiger partial charge in [-0.2, -0.15) is 0 Å². The molecule has 0 unspecified atom stereocenters. The molecule has 1 aromatic rings. The minimum absolute atomic E-state index is 0.0655. The van der Waals surface area contributed by atoms with E-state index in [2.05, 4.69) is 27.2 Å². The van der Waals surface area contributed by atoms with Gasteiger partial charge in [-0.3, -0.25) is 4.79 Å². The standard InChI is InChI=1S/C10H9BrN2O3S/c1-2-3-13-10(14)7-4-8(11)6-9(5-7)17(12,15)16/h1,4-6H,3H2,(H,13,14)(H2,12,15,16). The number of nitrogens with two attached hydrogens (primary N) is 1. The predicted octanol–water partition coefficient (Wildman–Crippen LogP) is 0.460. The number of sulfonamides is 1. The molecule has 1 amide bonds. The van der Waals surface area contributed by atoms with Gasteiger partial charge >= 0.3 is 0 Å². The van der Waals surface area contributed by atoms with Crippen LogP contribution in [0.25, 0.3) is 0 Å². The number of benzene rings is 1. The van der Waals surface area contributed by atoms with Crippen molar-refractivity contribution in [1.82, 2.24) is 5.32 Å². The first-order valence-electron chi connectivity index (χ1n) is 4.39. The number of amides is 1. The Hall–Kier alpha value is -1.36. The van der Waals surface area contributed by atoms with E-state index in [9.17, 15) is 13.2 Å². The van der Waals surface area contributed by atoms with Crippen molar-refractivity contribution in [2.24, 2.45) is 5.14 Å². The van der Waals surface area contributed by atoms with E-state index in [1.54, 1.807) is 0 Å². The number of primary sulfonamides is 1. The van der Waals surface area contributed by atoms with E-state index in [1.807, 2.05) is 0 Å². The summed E-state index contributed by atoms with van der Waals surface area (Å²) in [7, 11) is -3.85. The number of terminal acetylenes is 1. The van der Waals surface area contributed by atoms with E-state index in [0.717, 1.165) is 0 Å². The molecule has 0 atom stereocenters.